The predicted molar refractivity (Wildman–Crippen MR) is 125 cm³/mol. The fourth-order valence-electron chi connectivity index (χ4n) is 4.82. The van der Waals surface area contributed by atoms with E-state index in [4.69, 9.17) is 0 Å². The molecule has 0 radical (unpaired) electrons. The van der Waals surface area contributed by atoms with E-state index >= 15 is 0 Å². The summed E-state index contributed by atoms with van der Waals surface area (Å²) < 4.78 is 42.3. The summed E-state index contributed by atoms with van der Waals surface area (Å²) in [6, 6.07) is 12.9. The lowest BCUT2D eigenvalue weighted by Crippen LogP contribution is -2.45. The van der Waals surface area contributed by atoms with Crippen molar-refractivity contribution in [2.45, 2.75) is 61.9 Å². The van der Waals surface area contributed by atoms with Crippen molar-refractivity contribution in [3.63, 3.8) is 0 Å². The van der Waals surface area contributed by atoms with Crippen molar-refractivity contribution in [3.8, 4) is 0 Å². The van der Waals surface area contributed by atoms with Crippen LogP contribution in [-0.4, -0.2) is 31.8 Å². The number of carbonyl (C=O) groups excluding carboxylic acids is 1. The first-order chi connectivity index (χ1) is 15.3. The molecule has 2 aliphatic rings. The topological polar surface area (TPSA) is 66.5 Å². The van der Waals surface area contributed by atoms with Crippen molar-refractivity contribution in [2.75, 3.05) is 6.54 Å². The highest BCUT2D eigenvalue weighted by molar-refractivity contribution is 9.10. The van der Waals surface area contributed by atoms with Gasteiger partial charge in [0.05, 0.1) is 10.9 Å². The van der Waals surface area contributed by atoms with E-state index in [0.29, 0.717) is 25.7 Å². The summed E-state index contributed by atoms with van der Waals surface area (Å²) in [5, 5.41) is 0. The summed E-state index contributed by atoms with van der Waals surface area (Å²) in [5.74, 6) is -0.218. The molecule has 1 heterocycles. The third kappa shape index (κ3) is 5.41. The molecule has 1 aliphatic carbocycles. The largest absolute Gasteiger partial charge is 0.335 e. The van der Waals surface area contributed by atoms with E-state index in [9.17, 15) is 17.6 Å². The van der Waals surface area contributed by atoms with Crippen LogP contribution in [0.2, 0.25) is 0 Å². The van der Waals surface area contributed by atoms with Gasteiger partial charge >= 0.3 is 0 Å². The van der Waals surface area contributed by atoms with E-state index in [2.05, 4.69) is 20.7 Å². The van der Waals surface area contributed by atoms with Crippen LogP contribution in [0.3, 0.4) is 0 Å². The number of rotatable bonds is 5. The van der Waals surface area contributed by atoms with Gasteiger partial charge in [0.2, 0.25) is 15.9 Å². The van der Waals surface area contributed by atoms with Crippen molar-refractivity contribution in [3.05, 3.63) is 64.4 Å². The molecule has 32 heavy (non-hydrogen) atoms. The number of piperidine rings is 1. The highest BCUT2D eigenvalue weighted by atomic mass is 79.9. The number of hydrogen-bond acceptors (Lipinski definition) is 3. The van der Waals surface area contributed by atoms with Gasteiger partial charge < -0.3 is 4.90 Å². The maximum absolute atomic E-state index is 13.4. The van der Waals surface area contributed by atoms with E-state index in [0.717, 1.165) is 35.8 Å². The first kappa shape index (κ1) is 23.4. The van der Waals surface area contributed by atoms with Crippen molar-refractivity contribution < 1.29 is 17.6 Å². The van der Waals surface area contributed by atoms with Gasteiger partial charge in [0.15, 0.2) is 0 Å². The molecule has 1 amide bonds. The molecule has 0 bridgehead atoms. The van der Waals surface area contributed by atoms with Gasteiger partial charge in [-0.3, -0.25) is 4.79 Å². The number of nitrogens with one attached hydrogen (secondary N) is 1. The van der Waals surface area contributed by atoms with E-state index in [1.54, 1.807) is 36.4 Å². The highest BCUT2D eigenvalue weighted by Gasteiger charge is 2.35. The van der Waals surface area contributed by atoms with Crippen molar-refractivity contribution in [1.29, 1.82) is 0 Å². The third-order valence-corrected chi connectivity index (χ3v) is 8.63. The molecule has 8 heteroatoms. The van der Waals surface area contributed by atoms with Crippen molar-refractivity contribution in [2.24, 2.45) is 5.92 Å². The molecule has 1 aliphatic heterocycles. The lowest BCUT2D eigenvalue weighted by atomic mass is 9.84. The molecule has 172 valence electrons. The minimum absolute atomic E-state index is 0.00881. The average Bonchev–Trinajstić information content (AvgIpc) is 2.80. The van der Waals surface area contributed by atoms with Gasteiger partial charge in [-0.25, -0.2) is 17.5 Å². The van der Waals surface area contributed by atoms with Gasteiger partial charge in [-0.15, -0.1) is 0 Å². The lowest BCUT2D eigenvalue weighted by Gasteiger charge is -2.39. The summed E-state index contributed by atoms with van der Waals surface area (Å²) in [6.07, 6.45) is 5.53. The number of likely N-dealkylation sites (tertiary alicyclic amines) is 1. The molecule has 2 aromatic carbocycles. The molecular weight excluding hydrogens is 495 g/mol. The summed E-state index contributed by atoms with van der Waals surface area (Å²) in [4.78, 5) is 15.6. The Balaban J connectivity index is 1.37. The van der Waals surface area contributed by atoms with Crippen LogP contribution in [0.25, 0.3) is 0 Å². The molecule has 0 unspecified atom stereocenters. The molecule has 1 atom stereocenters. The zero-order valence-electron chi connectivity index (χ0n) is 17.8. The normalized spacial score (nSPS) is 24.3. The molecule has 0 spiro atoms. The van der Waals surface area contributed by atoms with E-state index < -0.39 is 10.0 Å². The van der Waals surface area contributed by atoms with Crippen LogP contribution in [0.4, 0.5) is 4.39 Å². The first-order valence-corrected chi connectivity index (χ1v) is 13.4. The molecule has 1 saturated heterocycles. The van der Waals surface area contributed by atoms with Gasteiger partial charge in [0, 0.05) is 23.0 Å². The highest BCUT2D eigenvalue weighted by Crippen LogP contribution is 2.35. The Morgan fingerprint density at radius 2 is 1.59 bits per heavy atom. The zero-order valence-corrected chi connectivity index (χ0v) is 20.2. The monoisotopic (exact) mass is 522 g/mol. The molecule has 2 fully saturated rings. The molecule has 2 aromatic rings. The van der Waals surface area contributed by atoms with Gasteiger partial charge in [0.1, 0.15) is 5.82 Å². The van der Waals surface area contributed by atoms with Crippen LogP contribution in [0.15, 0.2) is 57.9 Å². The van der Waals surface area contributed by atoms with Gasteiger partial charge in [-0.1, -0.05) is 28.1 Å². The molecule has 4 rings (SSSR count). The van der Waals surface area contributed by atoms with E-state index in [1.165, 1.54) is 12.1 Å². The van der Waals surface area contributed by atoms with Crippen LogP contribution >= 0.6 is 15.9 Å². The smallest absolute Gasteiger partial charge is 0.240 e. The lowest BCUT2D eigenvalue weighted by molar-refractivity contribution is -0.140. The number of nitrogens with zero attached hydrogens (tertiary/aromatic N) is 1. The number of hydrogen-bond donors (Lipinski definition) is 1. The Morgan fingerprint density at radius 3 is 2.25 bits per heavy atom. The number of carbonyl (C=O) groups is 1. The molecule has 0 aromatic heterocycles. The summed E-state index contributed by atoms with van der Waals surface area (Å²) in [5.41, 5.74) is 0.982. The van der Waals surface area contributed by atoms with Crippen LogP contribution in [0.5, 0.6) is 0 Å². The fourth-order valence-corrected chi connectivity index (χ4v) is 6.39. The number of sulfonamides is 1. The molecular formula is C24H28BrFN2O3S. The number of benzene rings is 2. The van der Waals surface area contributed by atoms with Crippen molar-refractivity contribution in [1.82, 2.24) is 9.62 Å². The van der Waals surface area contributed by atoms with Crippen LogP contribution in [0, 0.1) is 11.7 Å². The first-order valence-electron chi connectivity index (χ1n) is 11.2. The zero-order chi connectivity index (χ0) is 22.7. The third-order valence-electron chi connectivity index (χ3n) is 6.56. The average molecular weight is 523 g/mol. The Kier molecular flexibility index (Phi) is 7.32. The second kappa shape index (κ2) is 10.0. The summed E-state index contributed by atoms with van der Waals surface area (Å²) >= 11 is 3.32. The van der Waals surface area contributed by atoms with Crippen LogP contribution in [0.1, 0.15) is 56.6 Å². The van der Waals surface area contributed by atoms with E-state index in [-0.39, 0.29) is 34.6 Å². The number of halogens is 2. The standard InChI is InChI=1S/C24H28BrFN2O3S/c25-19-8-14-22(15-9-19)32(30,31)27-21-12-6-18(7-13-21)24(29)28-16-2-1-3-23(28)17-4-10-20(26)11-5-17/h4-5,8-11,14-15,18,21,23,27H,1-3,6-7,12-13,16H2/t18?,21?,23-/m1/s1. The Bertz CT molecular complexity index is 1040. The minimum atomic E-state index is -3.58. The fraction of sp³-hybridized carbons (Fsp3) is 0.458. The molecule has 1 saturated carbocycles. The Hall–Kier alpha value is -1.77. The second-order valence-electron chi connectivity index (χ2n) is 8.72. The van der Waals surface area contributed by atoms with Gasteiger partial charge in [-0.2, -0.15) is 0 Å². The summed E-state index contributed by atoms with van der Waals surface area (Å²) in [6.45, 7) is 0.719. The van der Waals surface area contributed by atoms with E-state index in [1.807, 2.05) is 4.90 Å². The van der Waals surface area contributed by atoms with Crippen LogP contribution < -0.4 is 4.72 Å². The molecule has 5 nitrogen and oxygen atoms in total. The number of amides is 1. The quantitative estimate of drug-likeness (QED) is 0.588. The Labute approximate surface area is 197 Å². The predicted octanol–water partition coefficient (Wildman–Crippen LogP) is 5.18. The minimum Gasteiger partial charge on any atom is -0.335 e. The summed E-state index contributed by atoms with van der Waals surface area (Å²) in [7, 11) is -3.58. The van der Waals surface area contributed by atoms with Gasteiger partial charge in [-0.05, 0) is 86.9 Å². The molecule has 1 N–H and O–H groups in total. The maximum atomic E-state index is 13.4. The maximum Gasteiger partial charge on any atom is 0.240 e. The SMILES string of the molecule is O=C(C1CCC(NS(=O)(=O)c2ccc(Br)cc2)CC1)N1CCCC[C@@H]1c1ccc(F)cc1. The second-order valence-corrected chi connectivity index (χ2v) is 11.3. The van der Waals surface area contributed by atoms with Crippen molar-refractivity contribution >= 4 is 31.9 Å². The van der Waals surface area contributed by atoms with Gasteiger partial charge in [0.25, 0.3) is 0 Å². The Morgan fingerprint density at radius 1 is 0.938 bits per heavy atom. The van der Waals surface area contributed by atoms with Crippen LogP contribution in [-0.2, 0) is 14.8 Å².